The first-order chi connectivity index (χ1) is 11.6. The maximum atomic E-state index is 13.1. The number of benzene rings is 2. The molecular formula is C19H13FN2O2. The number of aliphatic hydroxyl groups is 1. The molecule has 118 valence electrons. The number of halogens is 1. The van der Waals surface area contributed by atoms with Crippen LogP contribution in [0.2, 0.25) is 0 Å². The average Bonchev–Trinajstić information content (AvgIpc) is 2.59. The van der Waals surface area contributed by atoms with Crippen LogP contribution < -0.4 is 5.32 Å². The number of aliphatic hydroxyl groups excluding tert-OH is 1. The van der Waals surface area contributed by atoms with Crippen molar-refractivity contribution in [2.75, 3.05) is 5.32 Å². The molecule has 0 saturated carbocycles. The van der Waals surface area contributed by atoms with Gasteiger partial charge in [0.25, 0.3) is 0 Å². The van der Waals surface area contributed by atoms with Crippen LogP contribution in [0.25, 0.3) is 5.57 Å². The minimum atomic E-state index is -0.389. The van der Waals surface area contributed by atoms with E-state index in [1.54, 1.807) is 36.4 Å². The highest BCUT2D eigenvalue weighted by atomic mass is 19.1. The molecule has 3 rings (SSSR count). The molecule has 5 heteroatoms. The van der Waals surface area contributed by atoms with Gasteiger partial charge in [-0.3, -0.25) is 4.79 Å². The molecule has 0 radical (unpaired) electrons. The van der Waals surface area contributed by atoms with E-state index in [0.717, 1.165) is 0 Å². The summed E-state index contributed by atoms with van der Waals surface area (Å²) in [6.07, 6.45) is 1.38. The van der Waals surface area contributed by atoms with Crippen molar-refractivity contribution in [3.05, 3.63) is 83.0 Å². The van der Waals surface area contributed by atoms with Crippen LogP contribution in [0.4, 0.5) is 10.1 Å². The van der Waals surface area contributed by atoms with Crippen LogP contribution in [0.1, 0.15) is 17.5 Å². The maximum absolute atomic E-state index is 13.1. The van der Waals surface area contributed by atoms with Gasteiger partial charge in [0.15, 0.2) is 5.76 Å². The summed E-state index contributed by atoms with van der Waals surface area (Å²) in [6.45, 7) is 0. The van der Waals surface area contributed by atoms with Crippen molar-refractivity contribution in [1.29, 1.82) is 5.26 Å². The Hall–Kier alpha value is -3.39. The Morgan fingerprint density at radius 1 is 1.08 bits per heavy atom. The van der Waals surface area contributed by atoms with E-state index < -0.39 is 0 Å². The highest BCUT2D eigenvalue weighted by Gasteiger charge is 2.21. The summed E-state index contributed by atoms with van der Waals surface area (Å²) >= 11 is 0. The second kappa shape index (κ2) is 6.39. The third-order valence-corrected chi connectivity index (χ3v) is 3.71. The molecule has 0 bridgehead atoms. The fourth-order valence-electron chi connectivity index (χ4n) is 2.45. The molecule has 2 N–H and O–H groups in total. The smallest absolute Gasteiger partial charge is 0.201 e. The summed E-state index contributed by atoms with van der Waals surface area (Å²) in [6, 6.07) is 14.7. The molecule has 24 heavy (non-hydrogen) atoms. The molecular weight excluding hydrogens is 307 g/mol. The fourth-order valence-corrected chi connectivity index (χ4v) is 2.45. The Kier molecular flexibility index (Phi) is 4.13. The lowest BCUT2D eigenvalue weighted by molar-refractivity contribution is -0.117. The fraction of sp³-hybridized carbons (Fsp3) is 0.0526. The van der Waals surface area contributed by atoms with Gasteiger partial charge in [-0.25, -0.2) is 4.39 Å². The molecule has 0 amide bonds. The molecule has 2 aromatic rings. The predicted molar refractivity (Wildman–Crippen MR) is 88.4 cm³/mol. The SMILES string of the molecule is N#Cc1ccc(NC2=C(c3ccc(F)cc3)CC(=O)C(O)=C2)cc1. The number of hydrogen-bond acceptors (Lipinski definition) is 4. The van der Waals surface area contributed by atoms with Gasteiger partial charge in [0.05, 0.1) is 11.6 Å². The molecule has 0 aliphatic heterocycles. The minimum absolute atomic E-state index is 0.0204. The maximum Gasteiger partial charge on any atom is 0.201 e. The molecule has 0 fully saturated rings. The molecule has 0 heterocycles. The van der Waals surface area contributed by atoms with Crippen molar-refractivity contribution in [2.24, 2.45) is 0 Å². The average molecular weight is 320 g/mol. The molecule has 0 aromatic heterocycles. The number of nitrogens with zero attached hydrogens (tertiary/aromatic N) is 1. The van der Waals surface area contributed by atoms with E-state index in [4.69, 9.17) is 5.26 Å². The van der Waals surface area contributed by atoms with Crippen LogP contribution in [-0.4, -0.2) is 10.9 Å². The van der Waals surface area contributed by atoms with Crippen molar-refractivity contribution in [3.8, 4) is 6.07 Å². The number of Topliss-reactive ketones (excluding diaryl/α,β-unsaturated/α-hetero) is 1. The lowest BCUT2D eigenvalue weighted by atomic mass is 9.93. The number of ketones is 1. The van der Waals surface area contributed by atoms with E-state index in [1.165, 1.54) is 18.2 Å². The molecule has 0 atom stereocenters. The van der Waals surface area contributed by atoms with Crippen LogP contribution >= 0.6 is 0 Å². The number of allylic oxidation sites excluding steroid dienone is 3. The third-order valence-electron chi connectivity index (χ3n) is 3.71. The standard InChI is InChI=1S/C19H13FN2O2/c20-14-5-3-13(4-6-14)16-9-18(23)19(24)10-17(16)22-15-7-1-12(11-21)2-8-15/h1-8,10,22,24H,9H2. The molecule has 0 spiro atoms. The van der Waals surface area contributed by atoms with E-state index in [-0.39, 0.29) is 23.8 Å². The number of nitrogens with one attached hydrogen (secondary N) is 1. The van der Waals surface area contributed by atoms with E-state index in [1.807, 2.05) is 6.07 Å². The van der Waals surface area contributed by atoms with Crippen molar-refractivity contribution in [3.63, 3.8) is 0 Å². The monoisotopic (exact) mass is 320 g/mol. The molecule has 0 unspecified atom stereocenters. The Labute approximate surface area is 138 Å². The van der Waals surface area contributed by atoms with Crippen LogP contribution in [0.5, 0.6) is 0 Å². The van der Waals surface area contributed by atoms with E-state index >= 15 is 0 Å². The quantitative estimate of drug-likeness (QED) is 0.898. The van der Waals surface area contributed by atoms with Gasteiger partial charge in [0, 0.05) is 23.9 Å². The third kappa shape index (κ3) is 3.18. The molecule has 2 aromatic carbocycles. The predicted octanol–water partition coefficient (Wildman–Crippen LogP) is 3.94. The first-order valence-corrected chi connectivity index (χ1v) is 7.27. The van der Waals surface area contributed by atoms with Gasteiger partial charge in [-0.1, -0.05) is 12.1 Å². The molecule has 1 aliphatic rings. The van der Waals surface area contributed by atoms with E-state index in [9.17, 15) is 14.3 Å². The van der Waals surface area contributed by atoms with Gasteiger partial charge in [-0.15, -0.1) is 0 Å². The van der Waals surface area contributed by atoms with E-state index in [2.05, 4.69) is 5.32 Å². The van der Waals surface area contributed by atoms with Crippen molar-refractivity contribution >= 4 is 17.0 Å². The lowest BCUT2D eigenvalue weighted by Gasteiger charge is -2.19. The molecule has 4 nitrogen and oxygen atoms in total. The number of nitriles is 1. The van der Waals surface area contributed by atoms with Gasteiger partial charge in [0.2, 0.25) is 5.78 Å². The van der Waals surface area contributed by atoms with Gasteiger partial charge in [0.1, 0.15) is 5.82 Å². The van der Waals surface area contributed by atoms with Crippen molar-refractivity contribution < 1.29 is 14.3 Å². The van der Waals surface area contributed by atoms with Crippen molar-refractivity contribution in [1.82, 2.24) is 0 Å². The summed E-state index contributed by atoms with van der Waals surface area (Å²) in [5.41, 5.74) is 3.17. The van der Waals surface area contributed by atoms with E-state index in [0.29, 0.717) is 28.1 Å². The number of carbonyl (C=O) groups excluding carboxylic acids is 1. The Bertz CT molecular complexity index is 888. The van der Waals surface area contributed by atoms with Crippen LogP contribution in [0.3, 0.4) is 0 Å². The van der Waals surface area contributed by atoms with Gasteiger partial charge in [-0.2, -0.15) is 5.26 Å². The van der Waals surface area contributed by atoms with Crippen LogP contribution in [0.15, 0.2) is 66.1 Å². The van der Waals surface area contributed by atoms with Gasteiger partial charge < -0.3 is 10.4 Å². The second-order valence-electron chi connectivity index (χ2n) is 5.34. The number of hydrogen-bond donors (Lipinski definition) is 2. The largest absolute Gasteiger partial charge is 0.504 e. The summed E-state index contributed by atoms with van der Waals surface area (Å²) < 4.78 is 13.1. The Morgan fingerprint density at radius 3 is 2.38 bits per heavy atom. The summed E-state index contributed by atoms with van der Waals surface area (Å²) in [5.74, 6) is -1.07. The Balaban J connectivity index is 2.01. The highest BCUT2D eigenvalue weighted by Crippen LogP contribution is 2.30. The van der Waals surface area contributed by atoms with Crippen LogP contribution in [0, 0.1) is 17.1 Å². The zero-order valence-corrected chi connectivity index (χ0v) is 12.6. The minimum Gasteiger partial charge on any atom is -0.504 e. The van der Waals surface area contributed by atoms with Gasteiger partial charge in [-0.05, 0) is 47.5 Å². The number of rotatable bonds is 3. The zero-order chi connectivity index (χ0) is 17.1. The normalized spacial score (nSPS) is 14.2. The first kappa shape index (κ1) is 15.5. The lowest BCUT2D eigenvalue weighted by Crippen LogP contribution is -2.14. The van der Waals surface area contributed by atoms with Crippen LogP contribution in [-0.2, 0) is 4.79 Å². The van der Waals surface area contributed by atoms with Gasteiger partial charge >= 0.3 is 0 Å². The molecule has 0 saturated heterocycles. The number of carbonyl (C=O) groups is 1. The van der Waals surface area contributed by atoms with Crippen molar-refractivity contribution in [2.45, 2.75) is 6.42 Å². The second-order valence-corrected chi connectivity index (χ2v) is 5.34. The topological polar surface area (TPSA) is 73.1 Å². The zero-order valence-electron chi connectivity index (χ0n) is 12.6. The summed E-state index contributed by atoms with van der Waals surface area (Å²) in [5, 5.41) is 21.7. The summed E-state index contributed by atoms with van der Waals surface area (Å²) in [4.78, 5) is 11.8. The first-order valence-electron chi connectivity index (χ1n) is 7.27. The molecule has 1 aliphatic carbocycles. The highest BCUT2D eigenvalue weighted by molar-refractivity contribution is 6.04. The number of anilines is 1. The summed E-state index contributed by atoms with van der Waals surface area (Å²) in [7, 11) is 0. The Morgan fingerprint density at radius 2 is 1.75 bits per heavy atom.